The third-order valence-corrected chi connectivity index (χ3v) is 6.23. The number of hydrogen-bond donors (Lipinski definition) is 2. The van der Waals surface area contributed by atoms with E-state index in [1.165, 1.54) is 36.5 Å². The Labute approximate surface area is 133 Å². The third-order valence-electron chi connectivity index (χ3n) is 3.49. The van der Waals surface area contributed by atoms with E-state index in [0.717, 1.165) is 10.4 Å². The highest BCUT2D eigenvalue weighted by atomic mass is 32.2. The van der Waals surface area contributed by atoms with Gasteiger partial charge < -0.3 is 10.4 Å². The van der Waals surface area contributed by atoms with Crippen molar-refractivity contribution in [1.29, 1.82) is 0 Å². The maximum Gasteiger partial charge on any atom is 0.256 e. The highest BCUT2D eigenvalue weighted by Crippen LogP contribution is 2.28. The number of hydrogen-bond acceptors (Lipinski definition) is 5. The number of thiophene rings is 1. The first-order valence-electron chi connectivity index (χ1n) is 6.68. The molecular weight excluding hydrogens is 322 g/mol. The van der Waals surface area contributed by atoms with Crippen LogP contribution in [0.2, 0.25) is 0 Å². The van der Waals surface area contributed by atoms with Gasteiger partial charge in [-0.15, -0.1) is 11.3 Å². The van der Waals surface area contributed by atoms with Gasteiger partial charge in [0.2, 0.25) is 0 Å². The monoisotopic (exact) mass is 339 g/mol. The van der Waals surface area contributed by atoms with Crippen molar-refractivity contribution >= 4 is 32.8 Å². The Balaban J connectivity index is 2.35. The molecule has 7 heteroatoms. The lowest BCUT2D eigenvalue weighted by atomic mass is 10.1. The second kappa shape index (κ2) is 6.10. The first kappa shape index (κ1) is 16.5. The van der Waals surface area contributed by atoms with Crippen LogP contribution in [-0.4, -0.2) is 25.2 Å². The van der Waals surface area contributed by atoms with Crippen LogP contribution in [0.3, 0.4) is 0 Å². The summed E-state index contributed by atoms with van der Waals surface area (Å²) in [5.74, 6) is -0.593. The molecule has 1 aromatic heterocycles. The molecule has 5 nitrogen and oxygen atoms in total. The molecule has 0 aliphatic rings. The minimum atomic E-state index is -3.40. The van der Waals surface area contributed by atoms with Crippen molar-refractivity contribution in [1.82, 2.24) is 0 Å². The molecule has 0 atom stereocenters. The van der Waals surface area contributed by atoms with Crippen molar-refractivity contribution in [2.45, 2.75) is 25.7 Å². The summed E-state index contributed by atoms with van der Waals surface area (Å²) in [5.41, 5.74) is 1.48. The van der Waals surface area contributed by atoms with Crippen molar-refractivity contribution in [3.63, 3.8) is 0 Å². The molecule has 2 N–H and O–H groups in total. The summed E-state index contributed by atoms with van der Waals surface area (Å²) in [4.78, 5) is 13.4. The summed E-state index contributed by atoms with van der Waals surface area (Å²) < 4.78 is 23.8. The standard InChI is InChI=1S/C15H17NO4S2/c1-4-22(19,20)11-5-6-14(17)13(7-11)16-15(18)12-8-21-10(3)9(12)2/h5-8,17H,4H2,1-3H3,(H,16,18). The predicted molar refractivity (Wildman–Crippen MR) is 87.6 cm³/mol. The van der Waals surface area contributed by atoms with Crippen LogP contribution in [0.5, 0.6) is 5.75 Å². The van der Waals surface area contributed by atoms with Crippen LogP contribution in [0.25, 0.3) is 0 Å². The number of benzene rings is 1. The summed E-state index contributed by atoms with van der Waals surface area (Å²) in [6.07, 6.45) is 0. The fourth-order valence-electron chi connectivity index (χ4n) is 1.90. The van der Waals surface area contributed by atoms with Gasteiger partial charge in [0.05, 0.1) is 21.9 Å². The van der Waals surface area contributed by atoms with Gasteiger partial charge in [-0.05, 0) is 37.6 Å². The number of sulfone groups is 1. The maximum absolute atomic E-state index is 12.3. The third kappa shape index (κ3) is 3.15. The highest BCUT2D eigenvalue weighted by Gasteiger charge is 2.17. The SMILES string of the molecule is CCS(=O)(=O)c1ccc(O)c(NC(=O)c2csc(C)c2C)c1. The molecule has 118 valence electrons. The van der Waals surface area contributed by atoms with E-state index in [1.807, 2.05) is 13.8 Å². The first-order valence-corrected chi connectivity index (χ1v) is 9.21. The number of aromatic hydroxyl groups is 1. The number of carbonyl (C=O) groups excluding carboxylic acids is 1. The van der Waals surface area contributed by atoms with Crippen molar-refractivity contribution in [2.24, 2.45) is 0 Å². The Kier molecular flexibility index (Phi) is 4.58. The van der Waals surface area contributed by atoms with E-state index in [9.17, 15) is 18.3 Å². The molecule has 2 aromatic rings. The molecule has 0 unspecified atom stereocenters. The largest absolute Gasteiger partial charge is 0.506 e. The zero-order valence-corrected chi connectivity index (χ0v) is 14.1. The smallest absolute Gasteiger partial charge is 0.256 e. The van der Waals surface area contributed by atoms with E-state index in [0.29, 0.717) is 5.56 Å². The predicted octanol–water partition coefficient (Wildman–Crippen LogP) is 3.12. The van der Waals surface area contributed by atoms with Crippen LogP contribution in [0.1, 0.15) is 27.7 Å². The number of aryl methyl sites for hydroxylation is 1. The molecule has 0 spiro atoms. The van der Waals surface area contributed by atoms with E-state index in [2.05, 4.69) is 5.32 Å². The summed E-state index contributed by atoms with van der Waals surface area (Å²) in [7, 11) is -3.40. The van der Waals surface area contributed by atoms with Crippen LogP contribution in [0, 0.1) is 13.8 Å². The average molecular weight is 339 g/mol. The fourth-order valence-corrected chi connectivity index (χ4v) is 3.67. The lowest BCUT2D eigenvalue weighted by Crippen LogP contribution is -2.13. The fraction of sp³-hybridized carbons (Fsp3) is 0.267. The molecule has 0 radical (unpaired) electrons. The van der Waals surface area contributed by atoms with Gasteiger partial charge in [0.25, 0.3) is 5.91 Å². The first-order chi connectivity index (χ1) is 10.3. The molecule has 2 rings (SSSR count). The molecule has 0 saturated heterocycles. The number of phenolic OH excluding ortho intramolecular Hbond substituents is 1. The Hall–Kier alpha value is -1.86. The number of amides is 1. The van der Waals surface area contributed by atoms with Gasteiger partial charge in [-0.2, -0.15) is 0 Å². The van der Waals surface area contributed by atoms with Gasteiger partial charge in [-0.25, -0.2) is 8.42 Å². The van der Waals surface area contributed by atoms with Gasteiger partial charge in [0.15, 0.2) is 9.84 Å². The quantitative estimate of drug-likeness (QED) is 0.838. The van der Waals surface area contributed by atoms with Crippen LogP contribution < -0.4 is 5.32 Å². The van der Waals surface area contributed by atoms with Crippen LogP contribution >= 0.6 is 11.3 Å². The Morgan fingerprint density at radius 3 is 2.55 bits per heavy atom. The van der Waals surface area contributed by atoms with Crippen molar-refractivity contribution in [2.75, 3.05) is 11.1 Å². The lowest BCUT2D eigenvalue weighted by molar-refractivity contribution is 0.102. The lowest BCUT2D eigenvalue weighted by Gasteiger charge is -2.09. The maximum atomic E-state index is 12.3. The Bertz CT molecular complexity index is 822. The second-order valence-electron chi connectivity index (χ2n) is 4.87. The van der Waals surface area contributed by atoms with Gasteiger partial charge in [-0.1, -0.05) is 6.92 Å². The number of carbonyl (C=O) groups is 1. The summed E-state index contributed by atoms with van der Waals surface area (Å²) in [6.45, 7) is 5.30. The topological polar surface area (TPSA) is 83.5 Å². The molecule has 0 aliphatic carbocycles. The molecule has 0 aliphatic heterocycles. The number of anilines is 1. The molecular formula is C15H17NO4S2. The van der Waals surface area contributed by atoms with Crippen molar-refractivity contribution < 1.29 is 18.3 Å². The van der Waals surface area contributed by atoms with Crippen LogP contribution in [0.4, 0.5) is 5.69 Å². The molecule has 1 amide bonds. The molecule has 0 fully saturated rings. The average Bonchev–Trinajstić information content (AvgIpc) is 2.81. The molecule has 0 bridgehead atoms. The van der Waals surface area contributed by atoms with Crippen LogP contribution in [0.15, 0.2) is 28.5 Å². The van der Waals surface area contributed by atoms with Crippen molar-refractivity contribution in [3.8, 4) is 5.75 Å². The molecule has 22 heavy (non-hydrogen) atoms. The number of phenols is 1. The highest BCUT2D eigenvalue weighted by molar-refractivity contribution is 7.91. The van der Waals surface area contributed by atoms with Gasteiger partial charge >= 0.3 is 0 Å². The van der Waals surface area contributed by atoms with E-state index in [-0.39, 0.29) is 28.0 Å². The number of nitrogens with one attached hydrogen (secondary N) is 1. The van der Waals surface area contributed by atoms with Crippen LogP contribution in [-0.2, 0) is 9.84 Å². The van der Waals surface area contributed by atoms with E-state index in [1.54, 1.807) is 5.38 Å². The minimum absolute atomic E-state index is 0.0476. The summed E-state index contributed by atoms with van der Waals surface area (Å²) in [5, 5.41) is 14.1. The second-order valence-corrected chi connectivity index (χ2v) is 8.23. The van der Waals surface area contributed by atoms with Gasteiger partial charge in [-0.3, -0.25) is 4.79 Å². The molecule has 1 aromatic carbocycles. The Morgan fingerprint density at radius 2 is 2.00 bits per heavy atom. The summed E-state index contributed by atoms with van der Waals surface area (Å²) >= 11 is 1.47. The normalized spacial score (nSPS) is 11.4. The Morgan fingerprint density at radius 1 is 1.32 bits per heavy atom. The minimum Gasteiger partial charge on any atom is -0.506 e. The molecule has 1 heterocycles. The van der Waals surface area contributed by atoms with E-state index >= 15 is 0 Å². The van der Waals surface area contributed by atoms with E-state index < -0.39 is 9.84 Å². The van der Waals surface area contributed by atoms with Gasteiger partial charge in [0.1, 0.15) is 5.75 Å². The van der Waals surface area contributed by atoms with E-state index in [4.69, 9.17) is 0 Å². The zero-order chi connectivity index (χ0) is 16.5. The summed E-state index contributed by atoms with van der Waals surface area (Å²) in [6, 6.07) is 3.87. The number of rotatable bonds is 4. The van der Waals surface area contributed by atoms with Gasteiger partial charge in [0, 0.05) is 10.3 Å². The molecule has 0 saturated carbocycles. The zero-order valence-electron chi connectivity index (χ0n) is 12.5. The van der Waals surface area contributed by atoms with Crippen molar-refractivity contribution in [3.05, 3.63) is 39.6 Å².